The van der Waals surface area contributed by atoms with Crippen LogP contribution >= 0.6 is 0 Å². The molecule has 0 spiro atoms. The van der Waals surface area contributed by atoms with E-state index in [0.29, 0.717) is 0 Å². The fourth-order valence-electron chi connectivity index (χ4n) is 1.13. The van der Waals surface area contributed by atoms with Gasteiger partial charge in [-0.05, 0) is 0 Å². The van der Waals surface area contributed by atoms with Crippen molar-refractivity contribution in [1.29, 1.82) is 0 Å². The first-order valence-corrected chi connectivity index (χ1v) is 8.43. The Kier molecular flexibility index (Phi) is 11.0. The van der Waals surface area contributed by atoms with Crippen molar-refractivity contribution >= 4 is 33.0 Å². The maximum absolute atomic E-state index is 10.7. The molecule has 14 nitrogen and oxygen atoms in total. The number of nitrogens with one attached hydrogen (secondary N) is 1. The molecule has 0 fully saturated rings. The molecule has 0 unspecified atom stereocenters. The monoisotopic (exact) mass is 399 g/mol. The highest BCUT2D eigenvalue weighted by Gasteiger charge is 2.32. The van der Waals surface area contributed by atoms with E-state index in [4.69, 9.17) is 22.1 Å². The van der Waals surface area contributed by atoms with Crippen molar-refractivity contribution in [3.8, 4) is 0 Å². The van der Waals surface area contributed by atoms with Crippen LogP contribution in [0.5, 0.6) is 0 Å². The highest BCUT2D eigenvalue weighted by molar-refractivity contribution is 7.80. The van der Waals surface area contributed by atoms with Crippen molar-refractivity contribution in [2.24, 2.45) is 0 Å². The van der Waals surface area contributed by atoms with Gasteiger partial charge in [0.25, 0.3) is 0 Å². The molecule has 24 heavy (non-hydrogen) atoms. The standard InChI is InChI=1S/C8H15NO9S.H2O4S/c1-4(11)9-5(2-10)7(13)8(14)6(12)3-18-19(15,16)17;1-5(2,3)4/h2,5-8,12-14H,3H2,1H3,(H,9,11)(H,15,16,17);(H2,1,2,3,4)/t5-,6+,7+,8+;/m0./s1. The fourth-order valence-corrected chi connectivity index (χ4v) is 1.44. The predicted molar refractivity (Wildman–Crippen MR) is 73.4 cm³/mol. The summed E-state index contributed by atoms with van der Waals surface area (Å²) in [6.07, 6.45) is -5.65. The molecule has 0 aromatic heterocycles. The quantitative estimate of drug-likeness (QED) is 0.152. The molecule has 0 aromatic carbocycles. The molecule has 0 aromatic rings. The van der Waals surface area contributed by atoms with E-state index in [0.717, 1.165) is 6.92 Å². The van der Waals surface area contributed by atoms with Crippen LogP contribution in [0.1, 0.15) is 6.92 Å². The van der Waals surface area contributed by atoms with Crippen LogP contribution in [0, 0.1) is 0 Å². The molecule has 0 aliphatic carbocycles. The van der Waals surface area contributed by atoms with Gasteiger partial charge >= 0.3 is 20.8 Å². The maximum Gasteiger partial charge on any atom is 0.397 e. The molecule has 0 bridgehead atoms. The van der Waals surface area contributed by atoms with Crippen LogP contribution in [0.4, 0.5) is 0 Å². The Bertz CT molecular complexity index is 591. The lowest BCUT2D eigenvalue weighted by atomic mass is 10.0. The third kappa shape index (κ3) is 15.6. The van der Waals surface area contributed by atoms with Crippen molar-refractivity contribution in [1.82, 2.24) is 5.32 Å². The van der Waals surface area contributed by atoms with Gasteiger partial charge in [0.05, 0.1) is 6.61 Å². The van der Waals surface area contributed by atoms with E-state index in [-0.39, 0.29) is 6.29 Å². The van der Waals surface area contributed by atoms with Crippen LogP contribution < -0.4 is 5.32 Å². The van der Waals surface area contributed by atoms with Gasteiger partial charge in [-0.1, -0.05) is 0 Å². The van der Waals surface area contributed by atoms with Crippen LogP contribution in [-0.2, 0) is 34.6 Å². The number of aliphatic hydroxyl groups is 3. The molecule has 144 valence electrons. The Labute approximate surface area is 136 Å². The molecule has 0 aliphatic rings. The van der Waals surface area contributed by atoms with E-state index in [1.807, 2.05) is 5.32 Å². The molecule has 0 saturated carbocycles. The second-order valence-electron chi connectivity index (χ2n) is 4.07. The summed E-state index contributed by atoms with van der Waals surface area (Å²) in [4.78, 5) is 21.3. The van der Waals surface area contributed by atoms with Crippen LogP contribution in [0.2, 0.25) is 0 Å². The summed E-state index contributed by atoms with van der Waals surface area (Å²) in [6.45, 7) is 0.0240. The zero-order valence-corrected chi connectivity index (χ0v) is 13.6. The number of amides is 1. The minimum atomic E-state index is -4.82. The van der Waals surface area contributed by atoms with Gasteiger partial charge in [-0.25, -0.2) is 4.18 Å². The minimum Gasteiger partial charge on any atom is -0.388 e. The summed E-state index contributed by atoms with van der Waals surface area (Å²) in [5.41, 5.74) is 0. The second kappa shape index (κ2) is 10.6. The molecule has 1 amide bonds. The summed E-state index contributed by atoms with van der Waals surface area (Å²) in [6, 6.07) is -1.49. The van der Waals surface area contributed by atoms with Crippen LogP contribution in [0.3, 0.4) is 0 Å². The average Bonchev–Trinajstić information content (AvgIpc) is 2.37. The van der Waals surface area contributed by atoms with E-state index in [1.54, 1.807) is 0 Å². The van der Waals surface area contributed by atoms with Gasteiger partial charge in [-0.3, -0.25) is 18.5 Å². The van der Waals surface area contributed by atoms with Gasteiger partial charge in [0.2, 0.25) is 5.91 Å². The smallest absolute Gasteiger partial charge is 0.388 e. The minimum absolute atomic E-state index is 0.131. The molecule has 0 rings (SSSR count). The predicted octanol–water partition coefficient (Wildman–Crippen LogP) is -4.06. The molecule has 7 N–H and O–H groups in total. The lowest BCUT2D eigenvalue weighted by molar-refractivity contribution is -0.129. The zero-order chi connectivity index (χ0) is 19.7. The van der Waals surface area contributed by atoms with E-state index in [2.05, 4.69) is 4.18 Å². The van der Waals surface area contributed by atoms with Crippen LogP contribution in [0.15, 0.2) is 0 Å². The SMILES string of the molecule is CC(=O)N[C@@H](C=O)[C@@H](O)[C@H](O)[C@H](O)COS(=O)(=O)O.O=S(=O)(O)O. The molecule has 0 heterocycles. The van der Waals surface area contributed by atoms with E-state index >= 15 is 0 Å². The number of carbonyl (C=O) groups is 2. The van der Waals surface area contributed by atoms with Gasteiger partial charge in [0.15, 0.2) is 0 Å². The first-order valence-electron chi connectivity index (χ1n) is 5.66. The van der Waals surface area contributed by atoms with Gasteiger partial charge in [-0.15, -0.1) is 0 Å². The molecular weight excluding hydrogens is 382 g/mol. The Hall–Kier alpha value is -1.24. The van der Waals surface area contributed by atoms with Crippen molar-refractivity contribution < 1.29 is 59.6 Å². The van der Waals surface area contributed by atoms with Gasteiger partial charge in [-0.2, -0.15) is 16.8 Å². The van der Waals surface area contributed by atoms with E-state index in [1.165, 1.54) is 0 Å². The number of aliphatic hydroxyl groups excluding tert-OH is 3. The highest BCUT2D eigenvalue weighted by atomic mass is 32.3. The summed E-state index contributed by atoms with van der Waals surface area (Å²) in [5, 5.41) is 30.2. The normalized spacial score (nSPS) is 16.8. The van der Waals surface area contributed by atoms with Gasteiger partial charge in [0, 0.05) is 6.92 Å². The largest absolute Gasteiger partial charge is 0.397 e. The lowest BCUT2D eigenvalue weighted by Crippen LogP contribution is -2.53. The molecule has 0 saturated heterocycles. The Morgan fingerprint density at radius 3 is 1.79 bits per heavy atom. The third-order valence-electron chi connectivity index (χ3n) is 2.02. The Balaban J connectivity index is 0. The highest BCUT2D eigenvalue weighted by Crippen LogP contribution is 2.06. The number of aldehydes is 1. The lowest BCUT2D eigenvalue weighted by Gasteiger charge is -2.26. The van der Waals surface area contributed by atoms with Crippen molar-refractivity contribution in [2.75, 3.05) is 6.61 Å². The molecule has 0 radical (unpaired) electrons. The number of hydrogen-bond donors (Lipinski definition) is 7. The Morgan fingerprint density at radius 1 is 1.08 bits per heavy atom. The van der Waals surface area contributed by atoms with Crippen molar-refractivity contribution in [3.05, 3.63) is 0 Å². The van der Waals surface area contributed by atoms with E-state index < -0.39 is 57.7 Å². The zero-order valence-electron chi connectivity index (χ0n) is 12.0. The average molecular weight is 399 g/mol. The molecule has 4 atom stereocenters. The van der Waals surface area contributed by atoms with Gasteiger partial charge < -0.3 is 25.4 Å². The van der Waals surface area contributed by atoms with Crippen molar-refractivity contribution in [3.63, 3.8) is 0 Å². The topological polar surface area (TPSA) is 245 Å². The summed E-state index contributed by atoms with van der Waals surface area (Å²) in [5.74, 6) is -0.660. The maximum atomic E-state index is 10.7. The third-order valence-corrected chi connectivity index (χ3v) is 2.45. The fraction of sp³-hybridized carbons (Fsp3) is 0.750. The molecule has 0 aliphatic heterocycles. The summed E-state index contributed by atoms with van der Waals surface area (Å²) in [7, 11) is -9.48. The van der Waals surface area contributed by atoms with Crippen LogP contribution in [0.25, 0.3) is 0 Å². The second-order valence-corrected chi connectivity index (χ2v) is 6.06. The number of carbonyl (C=O) groups excluding carboxylic acids is 2. The van der Waals surface area contributed by atoms with E-state index in [9.17, 15) is 33.3 Å². The van der Waals surface area contributed by atoms with Crippen LogP contribution in [-0.4, -0.2) is 89.0 Å². The first kappa shape index (κ1) is 25.0. The number of hydrogen-bond acceptors (Lipinski definition) is 10. The van der Waals surface area contributed by atoms with Crippen molar-refractivity contribution in [2.45, 2.75) is 31.3 Å². The Morgan fingerprint density at radius 2 is 1.50 bits per heavy atom. The molecule has 16 heteroatoms. The van der Waals surface area contributed by atoms with Gasteiger partial charge in [0.1, 0.15) is 30.6 Å². The summed E-state index contributed by atoms with van der Waals surface area (Å²) < 4.78 is 64.1. The first-order chi connectivity index (χ1) is 10.6. The number of rotatable bonds is 8. The summed E-state index contributed by atoms with van der Waals surface area (Å²) >= 11 is 0. The molecular formula is C8H17NO13S2.